The fraction of sp³-hybridized carbons (Fsp3) is 0.474. The van der Waals surface area contributed by atoms with Crippen molar-refractivity contribution in [3.63, 3.8) is 0 Å². The molecular weight excluding hydrogens is 320 g/mol. The van der Waals surface area contributed by atoms with Crippen molar-refractivity contribution in [1.82, 2.24) is 9.80 Å². The largest absolute Gasteiger partial charge is 0.490 e. The first-order valence-corrected chi connectivity index (χ1v) is 8.72. The number of benzene rings is 1. The van der Waals surface area contributed by atoms with Crippen LogP contribution in [0.25, 0.3) is 0 Å². The number of ether oxygens (including phenoxy) is 2. The Morgan fingerprint density at radius 1 is 1.16 bits per heavy atom. The van der Waals surface area contributed by atoms with Gasteiger partial charge >= 0.3 is 0 Å². The van der Waals surface area contributed by atoms with Crippen molar-refractivity contribution in [2.45, 2.75) is 18.9 Å². The molecule has 2 heterocycles. The van der Waals surface area contributed by atoms with Gasteiger partial charge in [-0.2, -0.15) is 0 Å². The third kappa shape index (κ3) is 4.20. The van der Waals surface area contributed by atoms with E-state index in [1.54, 1.807) is 35.2 Å². The lowest BCUT2D eigenvalue weighted by Gasteiger charge is -2.35. The summed E-state index contributed by atoms with van der Waals surface area (Å²) in [6.45, 7) is 6.93. The van der Waals surface area contributed by atoms with Crippen LogP contribution in [0.4, 0.5) is 0 Å². The van der Waals surface area contributed by atoms with E-state index in [1.807, 2.05) is 4.90 Å². The Morgan fingerprint density at radius 3 is 2.44 bits per heavy atom. The van der Waals surface area contributed by atoms with Gasteiger partial charge in [-0.25, -0.2) is 0 Å². The van der Waals surface area contributed by atoms with Gasteiger partial charge in [0.1, 0.15) is 18.5 Å². The van der Waals surface area contributed by atoms with Crippen molar-refractivity contribution in [1.29, 1.82) is 0 Å². The SMILES string of the molecule is C=CCOc1ccc(C(=O)N2CCN(C(=O)C3CCCO3)CC2)cc1. The standard InChI is InChI=1S/C19H24N2O4/c1-2-13-24-16-7-5-15(6-8-16)18(22)20-9-11-21(12-10-20)19(23)17-4-3-14-25-17/h2,5-8,17H,1,3-4,9-14H2. The molecule has 0 saturated carbocycles. The maximum Gasteiger partial charge on any atom is 0.253 e. The van der Waals surface area contributed by atoms with Crippen LogP contribution in [-0.4, -0.2) is 67.1 Å². The first kappa shape index (κ1) is 17.5. The molecule has 0 bridgehead atoms. The number of amides is 2. The van der Waals surface area contributed by atoms with Gasteiger partial charge in [-0.3, -0.25) is 9.59 Å². The normalized spacial score (nSPS) is 20.4. The zero-order chi connectivity index (χ0) is 17.6. The molecule has 2 aliphatic rings. The summed E-state index contributed by atoms with van der Waals surface area (Å²) in [5.74, 6) is 0.760. The highest BCUT2D eigenvalue weighted by Gasteiger charge is 2.31. The van der Waals surface area contributed by atoms with E-state index in [9.17, 15) is 9.59 Å². The molecule has 0 radical (unpaired) electrons. The summed E-state index contributed by atoms with van der Waals surface area (Å²) >= 11 is 0. The molecule has 25 heavy (non-hydrogen) atoms. The second-order valence-electron chi connectivity index (χ2n) is 6.24. The van der Waals surface area contributed by atoms with Gasteiger partial charge < -0.3 is 19.3 Å². The maximum atomic E-state index is 12.6. The van der Waals surface area contributed by atoms with E-state index < -0.39 is 0 Å². The fourth-order valence-electron chi connectivity index (χ4n) is 3.14. The Hall–Kier alpha value is -2.34. The van der Waals surface area contributed by atoms with Gasteiger partial charge in [-0.15, -0.1) is 0 Å². The third-order valence-corrected chi connectivity index (χ3v) is 4.55. The van der Waals surface area contributed by atoms with Crippen LogP contribution in [0.3, 0.4) is 0 Å². The zero-order valence-electron chi connectivity index (χ0n) is 14.4. The van der Waals surface area contributed by atoms with E-state index in [2.05, 4.69) is 6.58 Å². The van der Waals surface area contributed by atoms with E-state index in [0.717, 1.165) is 12.8 Å². The van der Waals surface area contributed by atoms with Crippen molar-refractivity contribution in [2.24, 2.45) is 0 Å². The van der Waals surface area contributed by atoms with Gasteiger partial charge in [0.2, 0.25) is 0 Å². The smallest absolute Gasteiger partial charge is 0.253 e. The molecule has 1 atom stereocenters. The first-order valence-electron chi connectivity index (χ1n) is 8.72. The number of hydrogen-bond donors (Lipinski definition) is 0. The molecule has 0 aliphatic carbocycles. The molecule has 6 nitrogen and oxygen atoms in total. The minimum Gasteiger partial charge on any atom is -0.490 e. The summed E-state index contributed by atoms with van der Waals surface area (Å²) in [5.41, 5.74) is 0.629. The predicted octanol–water partition coefficient (Wildman–Crippen LogP) is 1.71. The summed E-state index contributed by atoms with van der Waals surface area (Å²) in [4.78, 5) is 28.5. The van der Waals surface area contributed by atoms with Crippen LogP contribution in [0.2, 0.25) is 0 Å². The van der Waals surface area contributed by atoms with Gasteiger partial charge in [0.05, 0.1) is 0 Å². The van der Waals surface area contributed by atoms with E-state index in [1.165, 1.54) is 0 Å². The average molecular weight is 344 g/mol. The zero-order valence-corrected chi connectivity index (χ0v) is 14.4. The van der Waals surface area contributed by atoms with Crippen LogP contribution in [0, 0.1) is 0 Å². The molecule has 2 fully saturated rings. The highest BCUT2D eigenvalue weighted by atomic mass is 16.5. The van der Waals surface area contributed by atoms with Crippen LogP contribution in [0.5, 0.6) is 5.75 Å². The van der Waals surface area contributed by atoms with E-state index in [-0.39, 0.29) is 17.9 Å². The number of hydrogen-bond acceptors (Lipinski definition) is 4. The van der Waals surface area contributed by atoms with Crippen molar-refractivity contribution in [3.8, 4) is 5.75 Å². The average Bonchev–Trinajstić information content (AvgIpc) is 3.20. The van der Waals surface area contributed by atoms with Gasteiger partial charge in [-0.05, 0) is 37.1 Å². The molecule has 2 aliphatic heterocycles. The van der Waals surface area contributed by atoms with Gasteiger partial charge in [-0.1, -0.05) is 12.7 Å². The van der Waals surface area contributed by atoms with Gasteiger partial charge in [0.25, 0.3) is 11.8 Å². The van der Waals surface area contributed by atoms with Crippen LogP contribution < -0.4 is 4.74 Å². The molecule has 1 aromatic carbocycles. The molecule has 0 spiro atoms. The Labute approximate surface area is 148 Å². The van der Waals surface area contributed by atoms with Crippen molar-refractivity contribution in [3.05, 3.63) is 42.5 Å². The van der Waals surface area contributed by atoms with Crippen molar-refractivity contribution < 1.29 is 19.1 Å². The van der Waals surface area contributed by atoms with E-state index in [0.29, 0.717) is 50.7 Å². The summed E-state index contributed by atoms with van der Waals surface area (Å²) in [6.07, 6.45) is 3.14. The monoisotopic (exact) mass is 344 g/mol. The molecule has 3 rings (SSSR count). The Balaban J connectivity index is 1.52. The minimum atomic E-state index is -0.287. The van der Waals surface area contributed by atoms with Crippen LogP contribution in [0.1, 0.15) is 23.2 Å². The number of carbonyl (C=O) groups is 2. The van der Waals surface area contributed by atoms with E-state index >= 15 is 0 Å². The van der Waals surface area contributed by atoms with Crippen molar-refractivity contribution >= 4 is 11.8 Å². The number of nitrogens with zero attached hydrogens (tertiary/aromatic N) is 2. The molecule has 1 unspecified atom stereocenters. The first-order chi connectivity index (χ1) is 12.2. The lowest BCUT2D eigenvalue weighted by molar-refractivity contribution is -0.142. The molecule has 1 aromatic rings. The van der Waals surface area contributed by atoms with Crippen molar-refractivity contribution in [2.75, 3.05) is 39.4 Å². The molecule has 0 N–H and O–H groups in total. The molecule has 2 amide bonds. The molecule has 0 aromatic heterocycles. The summed E-state index contributed by atoms with van der Waals surface area (Å²) in [6, 6.07) is 7.11. The Kier molecular flexibility index (Phi) is 5.71. The predicted molar refractivity (Wildman–Crippen MR) is 93.6 cm³/mol. The number of carbonyl (C=O) groups excluding carboxylic acids is 2. The second-order valence-corrected chi connectivity index (χ2v) is 6.24. The maximum absolute atomic E-state index is 12.6. The summed E-state index contributed by atoms with van der Waals surface area (Å²) in [7, 11) is 0. The van der Waals surface area contributed by atoms with Gasteiger partial charge in [0, 0.05) is 38.3 Å². The highest BCUT2D eigenvalue weighted by Crippen LogP contribution is 2.18. The van der Waals surface area contributed by atoms with Crippen LogP contribution >= 0.6 is 0 Å². The molecule has 6 heteroatoms. The number of rotatable bonds is 5. The quantitative estimate of drug-likeness (QED) is 0.763. The van der Waals surface area contributed by atoms with Gasteiger partial charge in [0.15, 0.2) is 0 Å². The summed E-state index contributed by atoms with van der Waals surface area (Å²) in [5, 5.41) is 0. The molecule has 134 valence electrons. The number of piperazine rings is 1. The lowest BCUT2D eigenvalue weighted by Crippen LogP contribution is -2.52. The lowest BCUT2D eigenvalue weighted by atomic mass is 10.1. The Bertz CT molecular complexity index is 615. The summed E-state index contributed by atoms with van der Waals surface area (Å²) < 4.78 is 10.9. The topological polar surface area (TPSA) is 59.1 Å². The molecular formula is C19H24N2O4. The Morgan fingerprint density at radius 2 is 1.84 bits per heavy atom. The van der Waals surface area contributed by atoms with E-state index in [4.69, 9.17) is 9.47 Å². The third-order valence-electron chi connectivity index (χ3n) is 4.55. The highest BCUT2D eigenvalue weighted by molar-refractivity contribution is 5.94. The van der Waals surface area contributed by atoms with Crippen LogP contribution in [0.15, 0.2) is 36.9 Å². The fourth-order valence-corrected chi connectivity index (χ4v) is 3.14. The second kappa shape index (κ2) is 8.16. The van der Waals surface area contributed by atoms with Crippen LogP contribution in [-0.2, 0) is 9.53 Å². The molecule has 2 saturated heterocycles. The minimum absolute atomic E-state index is 0.0144.